The van der Waals surface area contributed by atoms with E-state index in [2.05, 4.69) is 20.0 Å². The van der Waals surface area contributed by atoms with Crippen molar-refractivity contribution in [1.82, 2.24) is 24.6 Å². The Morgan fingerprint density at radius 2 is 2.11 bits per heavy atom. The molecule has 1 aliphatic carbocycles. The average molecular weight is 395 g/mol. The van der Waals surface area contributed by atoms with Crippen LogP contribution >= 0.6 is 7.95 Å². The number of carbonyl (C=O) groups excluding carboxylic acids is 1. The van der Waals surface area contributed by atoms with Crippen LogP contribution in [0.5, 0.6) is 0 Å². The molecule has 2 heterocycles. The van der Waals surface area contributed by atoms with Crippen molar-refractivity contribution in [1.29, 1.82) is 0 Å². The normalized spacial score (nSPS) is 17.1. The van der Waals surface area contributed by atoms with Gasteiger partial charge in [0.05, 0.1) is 25.1 Å². The van der Waals surface area contributed by atoms with E-state index in [4.69, 9.17) is 15.2 Å². The fraction of sp³-hybridized carbons (Fsp3) is 0.625. The number of aromatic nitrogens is 4. The van der Waals surface area contributed by atoms with Crippen molar-refractivity contribution in [3.05, 3.63) is 12.7 Å². The van der Waals surface area contributed by atoms with E-state index in [-0.39, 0.29) is 24.5 Å². The molecular weight excluding hydrogens is 371 g/mol. The van der Waals surface area contributed by atoms with Crippen LogP contribution in [0.1, 0.15) is 33.6 Å². The summed E-state index contributed by atoms with van der Waals surface area (Å²) in [7, 11) is -1.89. The van der Waals surface area contributed by atoms with E-state index in [1.54, 1.807) is 24.7 Å². The Bertz CT molecular complexity index is 851. The largest absolute Gasteiger partial charge is 0.461 e. The van der Waals surface area contributed by atoms with E-state index in [9.17, 15) is 9.36 Å². The number of hydrogen-bond donors (Lipinski definition) is 2. The van der Waals surface area contributed by atoms with Gasteiger partial charge in [-0.05, 0) is 38.2 Å². The van der Waals surface area contributed by atoms with E-state index in [1.807, 2.05) is 6.92 Å². The Morgan fingerprint density at radius 1 is 1.37 bits per heavy atom. The molecule has 0 amide bonds. The minimum Gasteiger partial charge on any atom is -0.461 e. The first-order chi connectivity index (χ1) is 12.8. The first-order valence-corrected chi connectivity index (χ1v) is 10.2. The molecule has 1 fully saturated rings. The van der Waals surface area contributed by atoms with Gasteiger partial charge < -0.3 is 19.8 Å². The molecule has 146 valence electrons. The second-order valence-electron chi connectivity index (χ2n) is 6.96. The molecule has 10 nitrogen and oxygen atoms in total. The van der Waals surface area contributed by atoms with Crippen molar-refractivity contribution in [3.8, 4) is 0 Å². The van der Waals surface area contributed by atoms with Crippen LogP contribution in [0.4, 0.5) is 5.82 Å². The van der Waals surface area contributed by atoms with Gasteiger partial charge in [0.1, 0.15) is 11.8 Å². The third kappa shape index (κ3) is 4.58. The monoisotopic (exact) mass is 395 g/mol. The number of nitrogens with two attached hydrogens (primary N) is 1. The van der Waals surface area contributed by atoms with Gasteiger partial charge in [0.25, 0.3) is 6.35 Å². The fourth-order valence-corrected chi connectivity index (χ4v) is 3.89. The zero-order valence-electron chi connectivity index (χ0n) is 15.6. The average Bonchev–Trinajstić information content (AvgIpc) is 3.27. The van der Waals surface area contributed by atoms with Gasteiger partial charge >= 0.3 is 13.9 Å². The molecule has 2 aromatic rings. The van der Waals surface area contributed by atoms with Crippen LogP contribution in [-0.4, -0.2) is 49.6 Å². The number of fused-ring (bicyclic) bond motifs is 1. The maximum Gasteiger partial charge on any atom is 0.461 e. The molecule has 2 aromatic heterocycles. The summed E-state index contributed by atoms with van der Waals surface area (Å²) >= 11 is 0. The first-order valence-electron chi connectivity index (χ1n) is 8.77. The lowest BCUT2D eigenvalue weighted by atomic mass is 10.3. The number of nitrogens with zero attached hydrogens (tertiary/aromatic N) is 4. The van der Waals surface area contributed by atoms with E-state index < -0.39 is 13.5 Å². The van der Waals surface area contributed by atoms with Gasteiger partial charge in [0, 0.05) is 0 Å². The zero-order valence-corrected chi connectivity index (χ0v) is 16.5. The lowest BCUT2D eigenvalue weighted by Crippen LogP contribution is -2.38. The van der Waals surface area contributed by atoms with E-state index >= 15 is 0 Å². The van der Waals surface area contributed by atoms with Gasteiger partial charge in [-0.3, -0.25) is 0 Å². The van der Waals surface area contributed by atoms with Gasteiger partial charge in [-0.2, -0.15) is 0 Å². The second kappa shape index (κ2) is 7.84. The molecule has 0 radical (unpaired) electrons. The van der Waals surface area contributed by atoms with Gasteiger partial charge in [-0.15, -0.1) is 0 Å². The number of hydrogen-bond acceptors (Lipinski definition) is 8. The van der Waals surface area contributed by atoms with Crippen LogP contribution in [0.25, 0.3) is 11.2 Å². The summed E-state index contributed by atoms with van der Waals surface area (Å²) in [5.74, 6) is -0.0290. The summed E-state index contributed by atoms with van der Waals surface area (Å²) in [6.07, 6.45) is 3.81. The maximum absolute atomic E-state index is 12.3. The Labute approximate surface area is 157 Å². The van der Waals surface area contributed by atoms with Crippen LogP contribution in [0.15, 0.2) is 12.7 Å². The van der Waals surface area contributed by atoms with E-state index in [0.29, 0.717) is 36.4 Å². The molecule has 0 bridgehead atoms. The minimum atomic E-state index is -1.89. The third-order valence-corrected chi connectivity index (χ3v) is 5.24. The standard InChI is InChI=1S/C16H24N6O4P/c1-10(2)26-15(23)16(4-5-16)21-27(24)9-25-11(3)6-22-8-20-12-13(17)18-7-19-14(12)22/h7-8,10-11H,4-6,9H2,1-3H3,(H,21,24)(H2,17,18,19)/q+1/t11-/m1/s1. The summed E-state index contributed by atoms with van der Waals surface area (Å²) in [5.41, 5.74) is 6.11. The van der Waals surface area contributed by atoms with Crippen molar-refractivity contribution < 1.29 is 18.8 Å². The lowest BCUT2D eigenvalue weighted by molar-refractivity contribution is -0.150. The Morgan fingerprint density at radius 3 is 2.78 bits per heavy atom. The molecule has 0 aliphatic heterocycles. The van der Waals surface area contributed by atoms with Crippen molar-refractivity contribution in [3.63, 3.8) is 0 Å². The molecule has 1 unspecified atom stereocenters. The lowest BCUT2D eigenvalue weighted by Gasteiger charge is -2.14. The van der Waals surface area contributed by atoms with Crippen molar-refractivity contribution in [2.24, 2.45) is 0 Å². The van der Waals surface area contributed by atoms with Crippen LogP contribution in [0, 0.1) is 0 Å². The molecule has 3 rings (SSSR count). The van der Waals surface area contributed by atoms with E-state index in [0.717, 1.165) is 0 Å². The van der Waals surface area contributed by atoms with Crippen LogP contribution in [-0.2, 0) is 25.4 Å². The number of nitrogens with one attached hydrogen (secondary N) is 1. The summed E-state index contributed by atoms with van der Waals surface area (Å²) in [4.78, 5) is 24.4. The predicted octanol–water partition coefficient (Wildman–Crippen LogP) is 1.59. The SMILES string of the molecule is CC(C)OC(=O)C1(N[P+](=O)CO[C@H](C)Cn2cnc3c(N)ncnc32)CC1. The number of ether oxygens (including phenoxy) is 2. The molecule has 0 saturated heterocycles. The molecule has 2 atom stereocenters. The Hall–Kier alpha value is -2.16. The topological polar surface area (TPSA) is 134 Å². The van der Waals surface area contributed by atoms with Crippen molar-refractivity contribution in [2.75, 3.05) is 12.1 Å². The zero-order chi connectivity index (χ0) is 19.6. The number of esters is 1. The van der Waals surface area contributed by atoms with Gasteiger partial charge in [0.2, 0.25) is 0 Å². The van der Waals surface area contributed by atoms with Gasteiger partial charge in [0.15, 0.2) is 17.0 Å². The molecule has 0 aromatic carbocycles. The molecule has 27 heavy (non-hydrogen) atoms. The number of anilines is 1. The van der Waals surface area contributed by atoms with Gasteiger partial charge in [-0.25, -0.2) is 19.7 Å². The molecule has 1 aliphatic rings. The van der Waals surface area contributed by atoms with Crippen molar-refractivity contribution in [2.45, 2.75) is 57.9 Å². The maximum atomic E-state index is 12.3. The highest BCUT2D eigenvalue weighted by atomic mass is 31.1. The molecule has 1 saturated carbocycles. The van der Waals surface area contributed by atoms with Gasteiger partial charge in [-0.1, -0.05) is 5.09 Å². The summed E-state index contributed by atoms with van der Waals surface area (Å²) in [5, 5.41) is 2.88. The molecule has 11 heteroatoms. The van der Waals surface area contributed by atoms with Crippen LogP contribution in [0.3, 0.4) is 0 Å². The fourth-order valence-electron chi connectivity index (χ4n) is 2.64. The quantitative estimate of drug-likeness (QED) is 0.479. The Kier molecular flexibility index (Phi) is 5.69. The minimum absolute atomic E-state index is 0.00301. The number of carbonyl (C=O) groups is 1. The third-order valence-electron chi connectivity index (χ3n) is 4.18. The number of imidazole rings is 1. The molecule has 0 spiro atoms. The van der Waals surface area contributed by atoms with Crippen LogP contribution < -0.4 is 10.8 Å². The molecular formula is C16H24N6O4P+. The summed E-state index contributed by atoms with van der Waals surface area (Å²) in [6, 6.07) is 0. The van der Waals surface area contributed by atoms with Crippen molar-refractivity contribution >= 4 is 30.9 Å². The first kappa shape index (κ1) is 19.6. The Balaban J connectivity index is 1.50. The summed E-state index contributed by atoms with van der Waals surface area (Å²) < 4.78 is 25.0. The number of nitrogen functional groups attached to an aromatic ring is 1. The second-order valence-corrected chi connectivity index (χ2v) is 8.20. The molecule has 3 N–H and O–H groups in total. The highest BCUT2D eigenvalue weighted by molar-refractivity contribution is 7.42. The number of rotatable bonds is 9. The predicted molar refractivity (Wildman–Crippen MR) is 99.1 cm³/mol. The highest BCUT2D eigenvalue weighted by Crippen LogP contribution is 2.41. The smallest absolute Gasteiger partial charge is 0.461 e. The summed E-state index contributed by atoms with van der Waals surface area (Å²) in [6.45, 7) is 5.91. The highest BCUT2D eigenvalue weighted by Gasteiger charge is 2.57. The van der Waals surface area contributed by atoms with E-state index in [1.165, 1.54) is 6.33 Å². The van der Waals surface area contributed by atoms with Crippen LogP contribution in [0.2, 0.25) is 0 Å².